The fourth-order valence-corrected chi connectivity index (χ4v) is 2.58. The molecule has 2 rings (SSSR count). The molecule has 2 aromatic rings. The van der Waals surface area contributed by atoms with Crippen molar-refractivity contribution >= 4 is 29.2 Å². The molecule has 0 fully saturated rings. The third-order valence-electron chi connectivity index (χ3n) is 3.04. The van der Waals surface area contributed by atoms with Gasteiger partial charge in [-0.25, -0.2) is 0 Å². The molecule has 110 valence electrons. The van der Waals surface area contributed by atoms with Crippen LogP contribution in [0.4, 0.5) is 0 Å². The molecule has 0 heterocycles. The first-order valence-electron chi connectivity index (χ1n) is 6.46. The minimum Gasteiger partial charge on any atom is -0.481 e. The van der Waals surface area contributed by atoms with Crippen LogP contribution >= 0.6 is 23.2 Å². The molecule has 0 aliphatic heterocycles. The minimum atomic E-state index is -0.847. The number of rotatable bonds is 5. The average molecular weight is 325 g/mol. The van der Waals surface area contributed by atoms with Gasteiger partial charge in [0.15, 0.2) is 0 Å². The predicted molar refractivity (Wildman–Crippen MR) is 83.6 cm³/mol. The molecular formula is C16H14Cl2O3. The fraction of sp³-hybridized carbons (Fsp3) is 0.188. The first-order valence-corrected chi connectivity index (χ1v) is 7.22. The molecule has 3 nitrogen and oxygen atoms in total. The van der Waals surface area contributed by atoms with Gasteiger partial charge in [0.05, 0.1) is 5.92 Å². The quantitative estimate of drug-likeness (QED) is 0.804. The summed E-state index contributed by atoms with van der Waals surface area (Å²) in [5, 5.41) is 10.2. The van der Waals surface area contributed by atoms with Crippen LogP contribution in [0.2, 0.25) is 10.0 Å². The Kier molecular flexibility index (Phi) is 5.10. The lowest BCUT2D eigenvalue weighted by atomic mass is 9.96. The Balaban J connectivity index is 2.27. The first kappa shape index (κ1) is 15.7. The predicted octanol–water partition coefficient (Wildman–Crippen LogP) is 5.36. The number of carboxylic acids is 1. The van der Waals surface area contributed by atoms with E-state index in [1.54, 1.807) is 42.5 Å². The van der Waals surface area contributed by atoms with Crippen molar-refractivity contribution in [2.45, 2.75) is 19.3 Å². The minimum absolute atomic E-state index is 0.477. The van der Waals surface area contributed by atoms with Gasteiger partial charge in [-0.1, -0.05) is 42.3 Å². The molecule has 0 spiro atoms. The van der Waals surface area contributed by atoms with Crippen LogP contribution < -0.4 is 4.74 Å². The summed E-state index contributed by atoms with van der Waals surface area (Å²) in [6, 6.07) is 11.9. The molecule has 21 heavy (non-hydrogen) atoms. The van der Waals surface area contributed by atoms with Gasteiger partial charge in [0, 0.05) is 10.0 Å². The van der Waals surface area contributed by atoms with Crippen LogP contribution in [0.1, 0.15) is 24.8 Å². The summed E-state index contributed by atoms with van der Waals surface area (Å²) < 4.78 is 5.69. The highest BCUT2D eigenvalue weighted by Crippen LogP contribution is 2.30. The number of hydrogen-bond donors (Lipinski definition) is 1. The Bertz CT molecular complexity index is 635. The average Bonchev–Trinajstić information content (AvgIpc) is 2.38. The molecule has 5 heteroatoms. The number of halogens is 2. The summed E-state index contributed by atoms with van der Waals surface area (Å²) >= 11 is 11.8. The standard InChI is InChI=1S/C16H14Cl2O3/c1-2-15(16(19)20)10-4-3-5-13(6-10)21-14-8-11(17)7-12(18)9-14/h3-9,15H,2H2,1H3,(H,19,20). The van der Waals surface area contributed by atoms with E-state index in [0.717, 1.165) is 0 Å². The van der Waals surface area contributed by atoms with E-state index in [0.29, 0.717) is 33.5 Å². The largest absolute Gasteiger partial charge is 0.481 e. The van der Waals surface area contributed by atoms with Gasteiger partial charge in [0.25, 0.3) is 0 Å². The van der Waals surface area contributed by atoms with Crippen molar-refractivity contribution in [2.75, 3.05) is 0 Å². The van der Waals surface area contributed by atoms with Crippen molar-refractivity contribution in [2.24, 2.45) is 0 Å². The molecule has 0 aromatic heterocycles. The summed E-state index contributed by atoms with van der Waals surface area (Å²) in [5.74, 6) is -0.337. The zero-order valence-electron chi connectivity index (χ0n) is 11.3. The summed E-state index contributed by atoms with van der Waals surface area (Å²) in [4.78, 5) is 11.2. The first-order chi connectivity index (χ1) is 9.99. The van der Waals surface area contributed by atoms with Crippen LogP contribution in [-0.4, -0.2) is 11.1 Å². The Morgan fingerprint density at radius 3 is 2.38 bits per heavy atom. The molecular weight excluding hydrogens is 311 g/mol. The van der Waals surface area contributed by atoms with Crippen molar-refractivity contribution in [1.29, 1.82) is 0 Å². The Labute approximate surface area is 133 Å². The molecule has 0 bridgehead atoms. The second-order valence-electron chi connectivity index (χ2n) is 4.58. The Hall–Kier alpha value is -1.71. The molecule has 0 aliphatic carbocycles. The maximum absolute atomic E-state index is 11.2. The highest BCUT2D eigenvalue weighted by atomic mass is 35.5. The van der Waals surface area contributed by atoms with Crippen LogP contribution in [0.25, 0.3) is 0 Å². The highest BCUT2D eigenvalue weighted by Gasteiger charge is 2.17. The fourth-order valence-electron chi connectivity index (χ4n) is 2.07. The van der Waals surface area contributed by atoms with Gasteiger partial charge in [0.1, 0.15) is 11.5 Å². The third kappa shape index (κ3) is 4.13. The van der Waals surface area contributed by atoms with Gasteiger partial charge in [-0.15, -0.1) is 0 Å². The van der Waals surface area contributed by atoms with Crippen LogP contribution in [0, 0.1) is 0 Å². The van der Waals surface area contributed by atoms with Crippen LogP contribution in [0.5, 0.6) is 11.5 Å². The lowest BCUT2D eigenvalue weighted by Gasteiger charge is -2.12. The highest BCUT2D eigenvalue weighted by molar-refractivity contribution is 6.34. The molecule has 0 aliphatic rings. The van der Waals surface area contributed by atoms with Gasteiger partial charge in [0.2, 0.25) is 0 Å². The van der Waals surface area contributed by atoms with Crippen LogP contribution in [-0.2, 0) is 4.79 Å². The lowest BCUT2D eigenvalue weighted by Crippen LogP contribution is -2.10. The van der Waals surface area contributed by atoms with E-state index >= 15 is 0 Å². The van der Waals surface area contributed by atoms with E-state index in [4.69, 9.17) is 27.9 Å². The molecule has 1 unspecified atom stereocenters. The molecule has 0 saturated heterocycles. The van der Waals surface area contributed by atoms with Crippen molar-refractivity contribution in [3.63, 3.8) is 0 Å². The third-order valence-corrected chi connectivity index (χ3v) is 3.48. The van der Waals surface area contributed by atoms with Gasteiger partial charge in [-0.2, -0.15) is 0 Å². The summed E-state index contributed by atoms with van der Waals surface area (Å²) in [6.07, 6.45) is 0.516. The van der Waals surface area contributed by atoms with Crippen molar-refractivity contribution < 1.29 is 14.6 Å². The molecule has 0 saturated carbocycles. The molecule has 0 radical (unpaired) electrons. The van der Waals surface area contributed by atoms with E-state index in [2.05, 4.69) is 0 Å². The monoisotopic (exact) mass is 324 g/mol. The smallest absolute Gasteiger partial charge is 0.310 e. The molecule has 2 aromatic carbocycles. The SMILES string of the molecule is CCC(C(=O)O)c1cccc(Oc2cc(Cl)cc(Cl)c2)c1. The summed E-state index contributed by atoms with van der Waals surface area (Å²) in [5.41, 5.74) is 0.704. The van der Waals surface area contributed by atoms with Gasteiger partial charge < -0.3 is 9.84 Å². The number of ether oxygens (including phenoxy) is 1. The number of carboxylic acid groups (broad SMARTS) is 1. The van der Waals surface area contributed by atoms with Crippen LogP contribution in [0.15, 0.2) is 42.5 Å². The van der Waals surface area contributed by atoms with Gasteiger partial charge in [-0.05, 0) is 42.3 Å². The van der Waals surface area contributed by atoms with E-state index in [-0.39, 0.29) is 0 Å². The van der Waals surface area contributed by atoms with Crippen molar-refractivity contribution in [1.82, 2.24) is 0 Å². The zero-order chi connectivity index (χ0) is 15.4. The summed E-state index contributed by atoms with van der Waals surface area (Å²) in [7, 11) is 0. The Morgan fingerprint density at radius 1 is 1.14 bits per heavy atom. The molecule has 1 N–H and O–H groups in total. The van der Waals surface area contributed by atoms with Gasteiger partial charge in [-0.3, -0.25) is 4.79 Å². The maximum atomic E-state index is 11.2. The topological polar surface area (TPSA) is 46.5 Å². The second kappa shape index (κ2) is 6.83. The number of benzene rings is 2. The normalized spacial score (nSPS) is 12.0. The maximum Gasteiger partial charge on any atom is 0.310 e. The molecule has 1 atom stereocenters. The summed E-state index contributed by atoms with van der Waals surface area (Å²) in [6.45, 7) is 1.84. The van der Waals surface area contributed by atoms with E-state index in [1.807, 2.05) is 6.92 Å². The number of hydrogen-bond acceptors (Lipinski definition) is 2. The Morgan fingerprint density at radius 2 is 1.81 bits per heavy atom. The van der Waals surface area contributed by atoms with E-state index < -0.39 is 11.9 Å². The van der Waals surface area contributed by atoms with E-state index in [1.165, 1.54) is 0 Å². The zero-order valence-corrected chi connectivity index (χ0v) is 12.9. The molecule has 0 amide bonds. The lowest BCUT2D eigenvalue weighted by molar-refractivity contribution is -0.138. The van der Waals surface area contributed by atoms with Gasteiger partial charge >= 0.3 is 5.97 Å². The van der Waals surface area contributed by atoms with Crippen molar-refractivity contribution in [3.05, 3.63) is 58.1 Å². The van der Waals surface area contributed by atoms with Crippen LogP contribution in [0.3, 0.4) is 0 Å². The van der Waals surface area contributed by atoms with E-state index in [9.17, 15) is 9.90 Å². The number of aliphatic carboxylic acids is 1. The number of carbonyl (C=O) groups is 1. The second-order valence-corrected chi connectivity index (χ2v) is 5.45. The van der Waals surface area contributed by atoms with Crippen molar-refractivity contribution in [3.8, 4) is 11.5 Å².